The van der Waals surface area contributed by atoms with Gasteiger partial charge < -0.3 is 9.84 Å². The molecule has 0 radical (unpaired) electrons. The first-order valence-corrected chi connectivity index (χ1v) is 9.97. The number of benzene rings is 2. The van der Waals surface area contributed by atoms with Crippen LogP contribution in [0.5, 0.6) is 5.75 Å². The van der Waals surface area contributed by atoms with Crippen molar-refractivity contribution < 1.29 is 18.3 Å². The third-order valence-electron chi connectivity index (χ3n) is 4.08. The molecule has 2 rings (SSSR count). The average Bonchev–Trinajstić information content (AvgIpc) is 2.60. The van der Waals surface area contributed by atoms with Gasteiger partial charge in [-0.05, 0) is 35.2 Å². The summed E-state index contributed by atoms with van der Waals surface area (Å²) in [5.74, 6) is 0.644. The van der Waals surface area contributed by atoms with Gasteiger partial charge in [-0.2, -0.15) is 4.31 Å². The zero-order valence-corrected chi connectivity index (χ0v) is 16.5. The summed E-state index contributed by atoms with van der Waals surface area (Å²) in [6.45, 7) is 6.38. The first kappa shape index (κ1) is 20.4. The Morgan fingerprint density at radius 3 is 2.15 bits per heavy atom. The molecule has 2 aromatic rings. The molecule has 0 spiro atoms. The lowest BCUT2D eigenvalue weighted by Crippen LogP contribution is -2.37. The molecule has 0 bridgehead atoms. The second kappa shape index (κ2) is 8.20. The summed E-state index contributed by atoms with van der Waals surface area (Å²) in [4.78, 5) is 0.202. The quantitative estimate of drug-likeness (QED) is 0.805. The van der Waals surface area contributed by atoms with Crippen molar-refractivity contribution in [3.63, 3.8) is 0 Å². The molecule has 2 aromatic carbocycles. The lowest BCUT2D eigenvalue weighted by atomic mass is 9.87. The number of rotatable bonds is 7. The second-order valence-electron chi connectivity index (χ2n) is 7.34. The van der Waals surface area contributed by atoms with Gasteiger partial charge in [0, 0.05) is 13.6 Å². The minimum atomic E-state index is -3.62. The maximum atomic E-state index is 12.4. The van der Waals surface area contributed by atoms with E-state index in [0.717, 1.165) is 4.31 Å². The van der Waals surface area contributed by atoms with Crippen molar-refractivity contribution in [2.75, 3.05) is 20.2 Å². The van der Waals surface area contributed by atoms with E-state index in [9.17, 15) is 13.5 Å². The molecule has 0 unspecified atom stereocenters. The molecule has 142 valence electrons. The van der Waals surface area contributed by atoms with Crippen LogP contribution in [-0.4, -0.2) is 44.1 Å². The van der Waals surface area contributed by atoms with Crippen LogP contribution in [0.4, 0.5) is 0 Å². The van der Waals surface area contributed by atoms with Crippen LogP contribution in [0.25, 0.3) is 0 Å². The highest BCUT2D eigenvalue weighted by Gasteiger charge is 2.23. The van der Waals surface area contributed by atoms with Crippen molar-refractivity contribution >= 4 is 10.0 Å². The van der Waals surface area contributed by atoms with Crippen LogP contribution in [0.3, 0.4) is 0 Å². The van der Waals surface area contributed by atoms with Gasteiger partial charge in [0.25, 0.3) is 0 Å². The standard InChI is InChI=1S/C20H27NO4S/c1-20(2,3)16-10-12-18(13-11-16)25-15-17(22)14-21(4)26(23,24)19-8-6-5-7-9-19/h5-13,17,22H,14-15H2,1-4H3/t17-/m0/s1. The zero-order chi connectivity index (χ0) is 19.4. The van der Waals surface area contributed by atoms with Crippen molar-refractivity contribution in [1.29, 1.82) is 0 Å². The molecule has 0 saturated carbocycles. The molecular formula is C20H27NO4S. The van der Waals surface area contributed by atoms with E-state index in [1.807, 2.05) is 24.3 Å². The fraction of sp³-hybridized carbons (Fsp3) is 0.400. The summed E-state index contributed by atoms with van der Waals surface area (Å²) < 4.78 is 31.6. The van der Waals surface area contributed by atoms with Gasteiger partial charge in [-0.1, -0.05) is 51.1 Å². The molecule has 26 heavy (non-hydrogen) atoms. The molecule has 0 aliphatic rings. The number of aliphatic hydroxyl groups is 1. The van der Waals surface area contributed by atoms with Crippen LogP contribution in [0.15, 0.2) is 59.5 Å². The lowest BCUT2D eigenvalue weighted by Gasteiger charge is -2.21. The third kappa shape index (κ3) is 5.30. The number of ether oxygens (including phenoxy) is 1. The summed E-state index contributed by atoms with van der Waals surface area (Å²) >= 11 is 0. The normalized spacial score (nSPS) is 13.6. The Hall–Kier alpha value is -1.89. The summed E-state index contributed by atoms with van der Waals surface area (Å²) in [5.41, 5.74) is 1.26. The first-order valence-electron chi connectivity index (χ1n) is 8.53. The summed E-state index contributed by atoms with van der Waals surface area (Å²) in [6.07, 6.45) is -0.930. The van der Waals surface area contributed by atoms with Crippen molar-refractivity contribution in [2.24, 2.45) is 0 Å². The number of sulfonamides is 1. The Balaban J connectivity index is 1.91. The van der Waals surface area contributed by atoms with E-state index in [-0.39, 0.29) is 23.5 Å². The number of aliphatic hydroxyl groups excluding tert-OH is 1. The summed E-state index contributed by atoms with van der Waals surface area (Å²) in [6, 6.07) is 15.9. The highest BCUT2D eigenvalue weighted by molar-refractivity contribution is 7.89. The Morgan fingerprint density at radius 1 is 1.04 bits per heavy atom. The predicted molar refractivity (Wildman–Crippen MR) is 103 cm³/mol. The van der Waals surface area contributed by atoms with Crippen LogP contribution in [-0.2, 0) is 15.4 Å². The number of nitrogens with zero attached hydrogens (tertiary/aromatic N) is 1. The van der Waals surface area contributed by atoms with Gasteiger partial charge in [0.1, 0.15) is 18.5 Å². The van der Waals surface area contributed by atoms with E-state index in [4.69, 9.17) is 4.74 Å². The largest absolute Gasteiger partial charge is 0.491 e. The van der Waals surface area contributed by atoms with Crippen LogP contribution in [0.1, 0.15) is 26.3 Å². The van der Waals surface area contributed by atoms with E-state index in [2.05, 4.69) is 20.8 Å². The van der Waals surface area contributed by atoms with E-state index >= 15 is 0 Å². The molecule has 0 fully saturated rings. The van der Waals surface area contributed by atoms with Gasteiger partial charge in [-0.3, -0.25) is 0 Å². The number of likely N-dealkylation sites (N-methyl/N-ethyl adjacent to an activating group) is 1. The highest BCUT2D eigenvalue weighted by atomic mass is 32.2. The Morgan fingerprint density at radius 2 is 1.62 bits per heavy atom. The van der Waals surface area contributed by atoms with Gasteiger partial charge in [0.05, 0.1) is 4.90 Å². The molecule has 0 amide bonds. The zero-order valence-electron chi connectivity index (χ0n) is 15.7. The van der Waals surface area contributed by atoms with Crippen LogP contribution < -0.4 is 4.74 Å². The molecule has 0 aliphatic carbocycles. The van der Waals surface area contributed by atoms with Crippen LogP contribution in [0.2, 0.25) is 0 Å². The first-order chi connectivity index (χ1) is 12.1. The van der Waals surface area contributed by atoms with Crippen molar-refractivity contribution in [3.8, 4) is 5.75 Å². The van der Waals surface area contributed by atoms with Gasteiger partial charge in [-0.25, -0.2) is 8.42 Å². The van der Waals surface area contributed by atoms with Crippen molar-refractivity contribution in [2.45, 2.75) is 37.2 Å². The molecule has 0 aliphatic heterocycles. The van der Waals surface area contributed by atoms with Gasteiger partial charge in [0.2, 0.25) is 10.0 Å². The average molecular weight is 378 g/mol. The van der Waals surface area contributed by atoms with Crippen LogP contribution >= 0.6 is 0 Å². The smallest absolute Gasteiger partial charge is 0.242 e. The van der Waals surface area contributed by atoms with E-state index in [1.54, 1.807) is 18.2 Å². The Kier molecular flexibility index (Phi) is 6.44. The Labute approximate surface area is 156 Å². The number of hydrogen-bond acceptors (Lipinski definition) is 4. The predicted octanol–water partition coefficient (Wildman–Crippen LogP) is 3.04. The maximum absolute atomic E-state index is 12.4. The van der Waals surface area contributed by atoms with E-state index < -0.39 is 16.1 Å². The van der Waals surface area contributed by atoms with Gasteiger partial charge in [-0.15, -0.1) is 0 Å². The topological polar surface area (TPSA) is 66.8 Å². The fourth-order valence-corrected chi connectivity index (χ4v) is 3.69. The number of hydrogen-bond donors (Lipinski definition) is 1. The fourth-order valence-electron chi connectivity index (χ4n) is 2.46. The van der Waals surface area contributed by atoms with Crippen LogP contribution in [0, 0.1) is 0 Å². The maximum Gasteiger partial charge on any atom is 0.242 e. The summed E-state index contributed by atoms with van der Waals surface area (Å²) in [7, 11) is -2.17. The van der Waals surface area contributed by atoms with Crippen molar-refractivity contribution in [1.82, 2.24) is 4.31 Å². The molecule has 1 atom stereocenters. The lowest BCUT2D eigenvalue weighted by molar-refractivity contribution is 0.0935. The summed E-state index contributed by atoms with van der Waals surface area (Å²) in [5, 5.41) is 10.1. The Bertz CT molecular complexity index is 796. The van der Waals surface area contributed by atoms with Crippen molar-refractivity contribution in [3.05, 3.63) is 60.2 Å². The molecule has 6 heteroatoms. The molecule has 0 aromatic heterocycles. The molecule has 1 N–H and O–H groups in total. The van der Waals surface area contributed by atoms with Gasteiger partial charge in [0.15, 0.2) is 0 Å². The second-order valence-corrected chi connectivity index (χ2v) is 9.38. The highest BCUT2D eigenvalue weighted by Crippen LogP contribution is 2.24. The molecule has 0 saturated heterocycles. The van der Waals surface area contributed by atoms with E-state index in [1.165, 1.54) is 24.7 Å². The molecule has 5 nitrogen and oxygen atoms in total. The SMILES string of the molecule is CN(C[C@H](O)COc1ccc(C(C)(C)C)cc1)S(=O)(=O)c1ccccc1. The minimum Gasteiger partial charge on any atom is -0.491 e. The molecule has 0 heterocycles. The third-order valence-corrected chi connectivity index (χ3v) is 5.92. The minimum absolute atomic E-state index is 0.0174. The van der Waals surface area contributed by atoms with Gasteiger partial charge >= 0.3 is 0 Å². The molecular weight excluding hydrogens is 350 g/mol. The monoisotopic (exact) mass is 377 g/mol. The van der Waals surface area contributed by atoms with E-state index in [0.29, 0.717) is 5.75 Å².